The Hall–Kier alpha value is -0.450. The highest BCUT2D eigenvalue weighted by molar-refractivity contribution is 9.12. The zero-order valence-electron chi connectivity index (χ0n) is 10.7. The minimum atomic E-state index is 0.0689. The van der Waals surface area contributed by atoms with Crippen LogP contribution in [0.5, 0.6) is 0 Å². The van der Waals surface area contributed by atoms with Crippen molar-refractivity contribution in [1.29, 1.82) is 0 Å². The smallest absolute Gasteiger partial charge is 0.195 e. The van der Waals surface area contributed by atoms with Crippen LogP contribution in [0, 0.1) is 5.92 Å². The maximum Gasteiger partial charge on any atom is 0.195 e. The van der Waals surface area contributed by atoms with Crippen LogP contribution in [0.25, 0.3) is 0 Å². The Labute approximate surface area is 134 Å². The molecule has 0 radical (unpaired) electrons. The van der Waals surface area contributed by atoms with Gasteiger partial charge in [-0.25, -0.2) is 0 Å². The number of carbonyl (C=O) groups is 1. The predicted molar refractivity (Wildman–Crippen MR) is 88.1 cm³/mol. The predicted octanol–water partition coefficient (Wildman–Crippen LogP) is 5.70. The molecule has 0 atom stereocenters. The number of halogens is 2. The van der Waals surface area contributed by atoms with Crippen molar-refractivity contribution < 1.29 is 4.79 Å². The lowest BCUT2D eigenvalue weighted by atomic mass is 9.98. The third-order valence-electron chi connectivity index (χ3n) is 2.73. The lowest BCUT2D eigenvalue weighted by Gasteiger charge is -2.06. The van der Waals surface area contributed by atoms with Gasteiger partial charge in [-0.2, -0.15) is 0 Å². The Morgan fingerprint density at radius 1 is 1.26 bits per heavy atom. The van der Waals surface area contributed by atoms with E-state index in [9.17, 15) is 4.79 Å². The molecule has 1 heterocycles. The van der Waals surface area contributed by atoms with Gasteiger partial charge in [0.15, 0.2) is 5.78 Å². The van der Waals surface area contributed by atoms with Gasteiger partial charge in [-0.15, -0.1) is 11.3 Å². The minimum Gasteiger partial charge on any atom is -0.289 e. The average Bonchev–Trinajstić information content (AvgIpc) is 2.67. The summed E-state index contributed by atoms with van der Waals surface area (Å²) >= 11 is 8.37. The number of hydrogen-bond donors (Lipinski definition) is 0. The summed E-state index contributed by atoms with van der Waals surface area (Å²) in [5.74, 6) is 0.659. The van der Waals surface area contributed by atoms with Crippen LogP contribution in [-0.4, -0.2) is 5.78 Å². The highest BCUT2D eigenvalue weighted by atomic mass is 79.9. The van der Waals surface area contributed by atoms with Crippen LogP contribution in [0.4, 0.5) is 0 Å². The highest BCUT2D eigenvalue weighted by Gasteiger charge is 2.16. The van der Waals surface area contributed by atoms with Gasteiger partial charge in [0, 0.05) is 11.1 Å². The molecule has 0 amide bonds. The van der Waals surface area contributed by atoms with Crippen molar-refractivity contribution in [2.75, 3.05) is 0 Å². The summed E-state index contributed by atoms with van der Waals surface area (Å²) in [5, 5.41) is 0. The van der Waals surface area contributed by atoms with E-state index < -0.39 is 0 Å². The summed E-state index contributed by atoms with van der Waals surface area (Å²) < 4.78 is 1.83. The second-order valence-corrected chi connectivity index (χ2v) is 8.61. The molecule has 1 aromatic heterocycles. The van der Waals surface area contributed by atoms with Crippen LogP contribution in [0.3, 0.4) is 0 Å². The number of rotatable bonds is 4. The SMILES string of the molecule is CC(C)Cc1cccc(C(=O)c2cc(Br)sc2Br)c1. The summed E-state index contributed by atoms with van der Waals surface area (Å²) in [4.78, 5) is 12.5. The van der Waals surface area contributed by atoms with Crippen LogP contribution in [0.2, 0.25) is 0 Å². The Balaban J connectivity index is 2.31. The lowest BCUT2D eigenvalue weighted by molar-refractivity contribution is 0.103. The van der Waals surface area contributed by atoms with E-state index in [1.54, 1.807) is 0 Å². The molecule has 0 fully saturated rings. The molecule has 4 heteroatoms. The molecule has 0 N–H and O–H groups in total. The first-order valence-corrected chi connectivity index (χ1v) is 8.46. The third kappa shape index (κ3) is 3.77. The summed E-state index contributed by atoms with van der Waals surface area (Å²) in [6, 6.07) is 9.78. The third-order valence-corrected chi connectivity index (χ3v) is 5.07. The molecular formula is C15H14Br2OS. The second kappa shape index (κ2) is 6.33. The largest absolute Gasteiger partial charge is 0.289 e. The summed E-state index contributed by atoms with van der Waals surface area (Å²) in [5.41, 5.74) is 2.69. The number of thiophene rings is 1. The molecule has 1 aromatic carbocycles. The zero-order valence-corrected chi connectivity index (χ0v) is 14.7. The Kier molecular flexibility index (Phi) is 4.98. The first-order valence-electron chi connectivity index (χ1n) is 6.06. The van der Waals surface area contributed by atoms with Gasteiger partial charge in [0.05, 0.1) is 7.57 Å². The summed E-state index contributed by atoms with van der Waals surface area (Å²) in [6.07, 6.45) is 0.996. The van der Waals surface area contributed by atoms with Crippen molar-refractivity contribution in [3.05, 3.63) is 54.6 Å². The van der Waals surface area contributed by atoms with Crippen molar-refractivity contribution in [2.24, 2.45) is 5.92 Å². The molecule has 19 heavy (non-hydrogen) atoms. The average molecular weight is 402 g/mol. The molecule has 0 aliphatic carbocycles. The molecule has 0 aliphatic rings. The van der Waals surface area contributed by atoms with Crippen LogP contribution in [-0.2, 0) is 6.42 Å². The second-order valence-electron chi connectivity index (χ2n) is 4.87. The maximum absolute atomic E-state index is 12.5. The van der Waals surface area contributed by atoms with E-state index in [1.807, 2.05) is 24.3 Å². The Bertz CT molecular complexity index is 602. The molecule has 1 nitrogen and oxygen atoms in total. The van der Waals surface area contributed by atoms with E-state index in [4.69, 9.17) is 0 Å². The maximum atomic E-state index is 12.5. The highest BCUT2D eigenvalue weighted by Crippen LogP contribution is 2.33. The van der Waals surface area contributed by atoms with Crippen LogP contribution >= 0.6 is 43.2 Å². The fourth-order valence-electron chi connectivity index (χ4n) is 1.96. The standard InChI is InChI=1S/C15H14Br2OS/c1-9(2)6-10-4-3-5-11(7-10)14(18)12-8-13(16)19-15(12)17/h3-5,7-9H,6H2,1-2H3. The monoisotopic (exact) mass is 400 g/mol. The number of hydrogen-bond acceptors (Lipinski definition) is 2. The van der Waals surface area contributed by atoms with Gasteiger partial charge in [0.25, 0.3) is 0 Å². The lowest BCUT2D eigenvalue weighted by Crippen LogP contribution is -2.02. The van der Waals surface area contributed by atoms with E-state index >= 15 is 0 Å². The summed E-state index contributed by atoms with van der Waals surface area (Å²) in [6.45, 7) is 4.36. The zero-order chi connectivity index (χ0) is 14.0. The van der Waals surface area contributed by atoms with E-state index in [0.29, 0.717) is 5.92 Å². The fourth-order valence-corrected chi connectivity index (χ4v) is 4.75. The minimum absolute atomic E-state index is 0.0689. The first kappa shape index (κ1) is 14.9. The summed E-state index contributed by atoms with van der Waals surface area (Å²) in [7, 11) is 0. The van der Waals surface area contributed by atoms with Gasteiger partial charge >= 0.3 is 0 Å². The van der Waals surface area contributed by atoms with Gasteiger partial charge in [-0.1, -0.05) is 32.0 Å². The van der Waals surface area contributed by atoms with Crippen molar-refractivity contribution in [2.45, 2.75) is 20.3 Å². The molecule has 0 saturated heterocycles. The fraction of sp³-hybridized carbons (Fsp3) is 0.267. The number of benzene rings is 1. The van der Waals surface area contributed by atoms with Crippen molar-refractivity contribution in [3.63, 3.8) is 0 Å². The van der Waals surface area contributed by atoms with E-state index in [0.717, 1.165) is 25.1 Å². The normalized spacial score (nSPS) is 11.0. The van der Waals surface area contributed by atoms with Crippen molar-refractivity contribution >= 4 is 49.0 Å². The van der Waals surface area contributed by atoms with Gasteiger partial charge in [-0.3, -0.25) is 4.79 Å². The number of ketones is 1. The van der Waals surface area contributed by atoms with Gasteiger partial charge < -0.3 is 0 Å². The van der Waals surface area contributed by atoms with E-state index in [2.05, 4.69) is 51.8 Å². The molecule has 0 aliphatic heterocycles. The van der Waals surface area contributed by atoms with E-state index in [-0.39, 0.29) is 5.78 Å². The van der Waals surface area contributed by atoms with Crippen molar-refractivity contribution in [3.8, 4) is 0 Å². The molecule has 2 rings (SSSR count). The molecule has 0 spiro atoms. The van der Waals surface area contributed by atoms with Gasteiger partial charge in [0.2, 0.25) is 0 Å². The molecule has 0 saturated carbocycles. The van der Waals surface area contributed by atoms with Gasteiger partial charge in [0.1, 0.15) is 0 Å². The molecule has 0 unspecified atom stereocenters. The first-order chi connectivity index (χ1) is 8.97. The van der Waals surface area contributed by atoms with E-state index in [1.165, 1.54) is 16.9 Å². The van der Waals surface area contributed by atoms with Crippen LogP contribution in [0.1, 0.15) is 35.3 Å². The quantitative estimate of drug-likeness (QED) is 0.600. The molecule has 2 aromatic rings. The van der Waals surface area contributed by atoms with Crippen LogP contribution < -0.4 is 0 Å². The van der Waals surface area contributed by atoms with Crippen LogP contribution in [0.15, 0.2) is 37.9 Å². The topological polar surface area (TPSA) is 17.1 Å². The molecule has 0 bridgehead atoms. The van der Waals surface area contributed by atoms with Gasteiger partial charge in [-0.05, 0) is 61.9 Å². The number of carbonyl (C=O) groups excluding carboxylic acids is 1. The molecule has 100 valence electrons. The Morgan fingerprint density at radius 3 is 2.58 bits per heavy atom. The Morgan fingerprint density at radius 2 is 2.00 bits per heavy atom. The van der Waals surface area contributed by atoms with Crippen molar-refractivity contribution in [1.82, 2.24) is 0 Å². The molecular weight excluding hydrogens is 388 g/mol.